The number of amides is 2. The van der Waals surface area contributed by atoms with E-state index in [1.165, 1.54) is 0 Å². The molecule has 142 valence electrons. The van der Waals surface area contributed by atoms with Crippen LogP contribution in [-0.2, 0) is 4.79 Å². The summed E-state index contributed by atoms with van der Waals surface area (Å²) < 4.78 is 5.30. The molecule has 2 aromatic rings. The molecule has 7 nitrogen and oxygen atoms in total. The third-order valence-corrected chi connectivity index (χ3v) is 5.02. The molecule has 1 atom stereocenters. The van der Waals surface area contributed by atoms with Crippen LogP contribution in [0.15, 0.2) is 28.8 Å². The monoisotopic (exact) mass is 368 g/mol. The minimum atomic E-state index is -0.242. The fourth-order valence-electron chi connectivity index (χ4n) is 3.37. The summed E-state index contributed by atoms with van der Waals surface area (Å²) in [7, 11) is 0. The molecule has 0 spiro atoms. The highest BCUT2D eigenvalue weighted by molar-refractivity contribution is 5.96. The number of benzene rings is 1. The van der Waals surface area contributed by atoms with Crippen LogP contribution in [0.5, 0.6) is 0 Å². The number of nitrogens with zero attached hydrogens (tertiary/aromatic N) is 3. The molecule has 2 amide bonds. The van der Waals surface area contributed by atoms with Crippen LogP contribution in [0.3, 0.4) is 0 Å². The number of hydrogen-bond acceptors (Lipinski definition) is 5. The van der Waals surface area contributed by atoms with Crippen molar-refractivity contribution < 1.29 is 14.1 Å². The second-order valence-electron chi connectivity index (χ2n) is 8.36. The van der Waals surface area contributed by atoms with Crippen molar-refractivity contribution in [3.05, 3.63) is 35.7 Å². The molecule has 1 aromatic carbocycles. The van der Waals surface area contributed by atoms with Gasteiger partial charge in [0.1, 0.15) is 0 Å². The lowest BCUT2D eigenvalue weighted by Crippen LogP contribution is -2.44. The van der Waals surface area contributed by atoms with Gasteiger partial charge in [-0.05, 0) is 45.7 Å². The lowest BCUT2D eigenvalue weighted by molar-refractivity contribution is -0.131. The highest BCUT2D eigenvalue weighted by atomic mass is 16.5. The third kappa shape index (κ3) is 3.72. The molecular formula is C20H24N4O3. The lowest BCUT2D eigenvalue weighted by Gasteiger charge is -2.32. The minimum absolute atomic E-state index is 0.0703. The first-order valence-electron chi connectivity index (χ1n) is 9.36. The zero-order valence-electron chi connectivity index (χ0n) is 15.9. The molecule has 7 heteroatoms. The molecule has 1 aromatic heterocycles. The summed E-state index contributed by atoms with van der Waals surface area (Å²) in [6, 6.07) is 6.99. The molecule has 2 heterocycles. The van der Waals surface area contributed by atoms with Crippen LogP contribution in [0.25, 0.3) is 11.4 Å². The van der Waals surface area contributed by atoms with E-state index in [9.17, 15) is 9.59 Å². The van der Waals surface area contributed by atoms with Crippen molar-refractivity contribution in [3.63, 3.8) is 0 Å². The molecule has 1 N–H and O–H groups in total. The maximum atomic E-state index is 12.7. The first-order valence-corrected chi connectivity index (χ1v) is 9.36. The number of nitrogens with one attached hydrogen (secondary N) is 1. The molecule has 1 saturated heterocycles. The first kappa shape index (κ1) is 17.7. The highest BCUT2D eigenvalue weighted by Gasteiger charge is 2.37. The fraction of sp³-hybridized carbons (Fsp3) is 0.500. The lowest BCUT2D eigenvalue weighted by atomic mass is 10.1. The summed E-state index contributed by atoms with van der Waals surface area (Å²) in [6.07, 6.45) is 2.52. The summed E-state index contributed by atoms with van der Waals surface area (Å²) >= 11 is 0. The summed E-state index contributed by atoms with van der Waals surface area (Å²) in [5.41, 5.74) is 1.03. The van der Waals surface area contributed by atoms with E-state index in [-0.39, 0.29) is 23.4 Å². The van der Waals surface area contributed by atoms with Crippen molar-refractivity contribution in [2.45, 2.75) is 57.5 Å². The van der Waals surface area contributed by atoms with Crippen molar-refractivity contribution >= 4 is 11.8 Å². The van der Waals surface area contributed by atoms with E-state index in [1.54, 1.807) is 18.2 Å². The Morgan fingerprint density at radius 1 is 1.30 bits per heavy atom. The maximum Gasteiger partial charge on any atom is 0.251 e. The van der Waals surface area contributed by atoms with Gasteiger partial charge < -0.3 is 14.7 Å². The molecule has 1 saturated carbocycles. The first-order chi connectivity index (χ1) is 12.8. The van der Waals surface area contributed by atoms with E-state index in [4.69, 9.17) is 4.52 Å². The number of hydrogen-bond donors (Lipinski definition) is 1. The number of rotatable bonds is 4. The Balaban J connectivity index is 1.45. The second-order valence-corrected chi connectivity index (χ2v) is 8.36. The molecular weight excluding hydrogens is 344 g/mol. The minimum Gasteiger partial charge on any atom is -0.347 e. The Labute approximate surface area is 158 Å². The van der Waals surface area contributed by atoms with Gasteiger partial charge in [0.15, 0.2) is 0 Å². The number of carbonyl (C=O) groups excluding carboxylic acids is 2. The van der Waals surface area contributed by atoms with Gasteiger partial charge in [-0.2, -0.15) is 4.98 Å². The molecule has 27 heavy (non-hydrogen) atoms. The van der Waals surface area contributed by atoms with Crippen molar-refractivity contribution in [2.75, 3.05) is 6.54 Å². The Bertz CT molecular complexity index is 879. The molecule has 4 rings (SSSR count). The van der Waals surface area contributed by atoms with E-state index in [0.717, 1.165) is 18.4 Å². The van der Waals surface area contributed by atoms with Crippen molar-refractivity contribution in [1.29, 1.82) is 0 Å². The summed E-state index contributed by atoms with van der Waals surface area (Å²) in [5, 5.41) is 7.00. The van der Waals surface area contributed by atoms with Gasteiger partial charge in [0.25, 0.3) is 5.91 Å². The van der Waals surface area contributed by atoms with Gasteiger partial charge in [-0.3, -0.25) is 9.59 Å². The van der Waals surface area contributed by atoms with E-state index in [0.29, 0.717) is 36.2 Å². The molecule has 0 radical (unpaired) electrons. The van der Waals surface area contributed by atoms with Crippen LogP contribution in [0.1, 0.15) is 62.2 Å². The Morgan fingerprint density at radius 2 is 2.07 bits per heavy atom. The summed E-state index contributed by atoms with van der Waals surface area (Å²) in [5.74, 6) is 1.44. The van der Waals surface area contributed by atoms with E-state index >= 15 is 0 Å². The van der Waals surface area contributed by atoms with Gasteiger partial charge in [0.2, 0.25) is 17.6 Å². The number of likely N-dealkylation sites (tertiary alicyclic amines) is 1. The Kier molecular flexibility index (Phi) is 4.25. The molecule has 0 bridgehead atoms. The van der Waals surface area contributed by atoms with Crippen LogP contribution in [0, 0.1) is 0 Å². The molecule has 2 fully saturated rings. The maximum absolute atomic E-state index is 12.7. The van der Waals surface area contributed by atoms with E-state index in [1.807, 2.05) is 31.7 Å². The zero-order valence-corrected chi connectivity index (χ0v) is 15.9. The summed E-state index contributed by atoms with van der Waals surface area (Å²) in [6.45, 7) is 6.53. The second kappa shape index (κ2) is 6.48. The van der Waals surface area contributed by atoms with Gasteiger partial charge in [0.05, 0.1) is 6.04 Å². The van der Waals surface area contributed by atoms with Gasteiger partial charge in [0, 0.05) is 35.5 Å². The predicted molar refractivity (Wildman–Crippen MR) is 99.0 cm³/mol. The molecule has 1 aliphatic carbocycles. The third-order valence-electron chi connectivity index (χ3n) is 5.02. The molecule has 1 unspecified atom stereocenters. The SMILES string of the molecule is CC(C)(C)N1CC(NC(=O)c2cccc(-c3noc(C4CC4)n3)c2)CC1=O. The quantitative estimate of drug-likeness (QED) is 0.896. The fourth-order valence-corrected chi connectivity index (χ4v) is 3.37. The van der Waals surface area contributed by atoms with Gasteiger partial charge >= 0.3 is 0 Å². The highest BCUT2D eigenvalue weighted by Crippen LogP contribution is 2.39. The Morgan fingerprint density at radius 3 is 2.74 bits per heavy atom. The average molecular weight is 368 g/mol. The standard InChI is InChI=1S/C20H24N4O3/c1-20(2,3)24-11-15(10-16(24)25)21-18(26)14-6-4-5-13(9-14)17-22-19(27-23-17)12-7-8-12/h4-6,9,12,15H,7-8,10-11H2,1-3H3,(H,21,26). The van der Waals surface area contributed by atoms with Crippen LogP contribution >= 0.6 is 0 Å². The zero-order chi connectivity index (χ0) is 19.2. The van der Waals surface area contributed by atoms with Crippen molar-refractivity contribution in [1.82, 2.24) is 20.4 Å². The average Bonchev–Trinajstić information content (AvgIpc) is 3.22. The van der Waals surface area contributed by atoms with Gasteiger partial charge in [-0.15, -0.1) is 0 Å². The predicted octanol–water partition coefficient (Wildman–Crippen LogP) is 2.74. The largest absolute Gasteiger partial charge is 0.347 e. The van der Waals surface area contributed by atoms with Crippen LogP contribution < -0.4 is 5.32 Å². The Hall–Kier alpha value is -2.70. The molecule has 2 aliphatic rings. The molecule has 1 aliphatic heterocycles. The van der Waals surface area contributed by atoms with Crippen LogP contribution in [-0.4, -0.2) is 45.0 Å². The van der Waals surface area contributed by atoms with Crippen molar-refractivity contribution in [2.24, 2.45) is 0 Å². The van der Waals surface area contributed by atoms with E-state index in [2.05, 4.69) is 15.5 Å². The smallest absolute Gasteiger partial charge is 0.251 e. The van der Waals surface area contributed by atoms with Gasteiger partial charge in [-0.25, -0.2) is 0 Å². The topological polar surface area (TPSA) is 88.3 Å². The number of aromatic nitrogens is 2. The van der Waals surface area contributed by atoms with Crippen LogP contribution in [0.2, 0.25) is 0 Å². The van der Waals surface area contributed by atoms with Gasteiger partial charge in [-0.1, -0.05) is 17.3 Å². The van der Waals surface area contributed by atoms with Crippen LogP contribution in [0.4, 0.5) is 0 Å². The normalized spacial score (nSPS) is 20.2. The summed E-state index contributed by atoms with van der Waals surface area (Å²) in [4.78, 5) is 31.1. The van der Waals surface area contributed by atoms with E-state index < -0.39 is 0 Å². The van der Waals surface area contributed by atoms with Crippen molar-refractivity contribution in [3.8, 4) is 11.4 Å². The number of carbonyl (C=O) groups is 2.